The summed E-state index contributed by atoms with van der Waals surface area (Å²) in [5.41, 5.74) is 7.42. The molecule has 3 rings (SSSR count). The van der Waals surface area contributed by atoms with Gasteiger partial charge >= 0.3 is 0 Å². The molecule has 0 amide bonds. The summed E-state index contributed by atoms with van der Waals surface area (Å²) in [7, 11) is 2.13. The van der Waals surface area contributed by atoms with E-state index in [0.717, 1.165) is 36.6 Å². The van der Waals surface area contributed by atoms with E-state index in [1.165, 1.54) is 5.69 Å². The van der Waals surface area contributed by atoms with Crippen molar-refractivity contribution in [2.45, 2.75) is 51.3 Å². The monoisotopic (exact) mass is 308 g/mol. The Morgan fingerprint density at radius 1 is 1.62 bits per heavy atom. The molecule has 3 heterocycles. The number of likely N-dealkylation sites (N-methyl/N-ethyl adjacent to an activating group) is 1. The van der Waals surface area contributed by atoms with Crippen LogP contribution in [0, 0.1) is 0 Å². The molecule has 0 aliphatic carbocycles. The summed E-state index contributed by atoms with van der Waals surface area (Å²) < 4.78 is 7.89. The van der Waals surface area contributed by atoms with Gasteiger partial charge in [-0.3, -0.25) is 4.40 Å². The van der Waals surface area contributed by atoms with Gasteiger partial charge in [0, 0.05) is 37.7 Å². The van der Waals surface area contributed by atoms with Crippen molar-refractivity contribution < 1.29 is 4.74 Å². The third-order valence-corrected chi connectivity index (χ3v) is 5.24. The second kappa shape index (κ2) is 5.94. The maximum absolute atomic E-state index is 6.19. The molecule has 0 saturated carbocycles. The quantitative estimate of drug-likeness (QED) is 0.921. The van der Waals surface area contributed by atoms with Gasteiger partial charge in [-0.15, -0.1) is 11.3 Å². The molecule has 2 aromatic heterocycles. The van der Waals surface area contributed by atoms with Crippen LogP contribution in [0.15, 0.2) is 11.6 Å². The lowest BCUT2D eigenvalue weighted by Crippen LogP contribution is -2.38. The van der Waals surface area contributed by atoms with Crippen molar-refractivity contribution in [2.24, 2.45) is 5.73 Å². The van der Waals surface area contributed by atoms with Crippen LogP contribution in [0.3, 0.4) is 0 Å². The van der Waals surface area contributed by atoms with Crippen LogP contribution in [0.1, 0.15) is 32.4 Å². The molecule has 1 fully saturated rings. The molecule has 1 aliphatic heterocycles. The fourth-order valence-electron chi connectivity index (χ4n) is 3.07. The van der Waals surface area contributed by atoms with E-state index < -0.39 is 0 Å². The van der Waals surface area contributed by atoms with E-state index >= 15 is 0 Å². The van der Waals surface area contributed by atoms with E-state index in [9.17, 15) is 0 Å². The van der Waals surface area contributed by atoms with Crippen LogP contribution in [0.5, 0.6) is 0 Å². The van der Waals surface area contributed by atoms with Gasteiger partial charge in [-0.05, 0) is 19.8 Å². The van der Waals surface area contributed by atoms with Crippen molar-refractivity contribution in [1.82, 2.24) is 9.38 Å². The van der Waals surface area contributed by atoms with Crippen molar-refractivity contribution >= 4 is 22.1 Å². The Balaban J connectivity index is 1.96. The highest BCUT2D eigenvalue weighted by atomic mass is 32.1. The Kier molecular flexibility index (Phi) is 4.19. The molecule has 21 heavy (non-hydrogen) atoms. The van der Waals surface area contributed by atoms with Crippen LogP contribution in [-0.2, 0) is 11.2 Å². The van der Waals surface area contributed by atoms with Crippen LogP contribution < -0.4 is 10.6 Å². The Hall–Kier alpha value is -1.11. The van der Waals surface area contributed by atoms with Crippen LogP contribution in [0.25, 0.3) is 4.96 Å². The number of nitrogens with two attached hydrogens (primary N) is 1. The first-order valence-corrected chi connectivity index (χ1v) is 8.54. The molecular weight excluding hydrogens is 284 g/mol. The summed E-state index contributed by atoms with van der Waals surface area (Å²) in [5.74, 6) is 1.06. The van der Waals surface area contributed by atoms with Crippen LogP contribution in [0.4, 0.5) is 5.82 Å². The highest BCUT2D eigenvalue weighted by molar-refractivity contribution is 7.15. The van der Waals surface area contributed by atoms with Crippen molar-refractivity contribution in [1.29, 1.82) is 0 Å². The summed E-state index contributed by atoms with van der Waals surface area (Å²) in [4.78, 5) is 8.17. The van der Waals surface area contributed by atoms with Gasteiger partial charge in [-0.1, -0.05) is 6.92 Å². The third-order valence-electron chi connectivity index (χ3n) is 4.49. The third kappa shape index (κ3) is 2.67. The smallest absolute Gasteiger partial charge is 0.195 e. The molecule has 1 aliphatic rings. The van der Waals surface area contributed by atoms with E-state index in [2.05, 4.69) is 41.8 Å². The molecule has 1 saturated heterocycles. The summed E-state index contributed by atoms with van der Waals surface area (Å²) >= 11 is 1.67. The summed E-state index contributed by atoms with van der Waals surface area (Å²) in [6, 6.07) is 0.570. The highest BCUT2D eigenvalue weighted by Gasteiger charge is 2.31. The van der Waals surface area contributed by atoms with Gasteiger partial charge in [0.15, 0.2) is 10.8 Å². The standard InChI is InChI=1S/C15H24N4OS/c1-4-11(16)9-13-14(17-15-19(13)6-8-21-15)18(3)12-5-7-20-10(12)2/h6,8,10-12H,4-5,7,9,16H2,1-3H3. The number of anilines is 1. The van der Waals surface area contributed by atoms with Gasteiger partial charge < -0.3 is 15.4 Å². The molecule has 2 aromatic rings. The van der Waals surface area contributed by atoms with E-state index in [4.69, 9.17) is 15.5 Å². The summed E-state index contributed by atoms with van der Waals surface area (Å²) in [6.45, 7) is 5.11. The van der Waals surface area contributed by atoms with Crippen molar-refractivity contribution in [3.63, 3.8) is 0 Å². The number of nitrogens with zero attached hydrogens (tertiary/aromatic N) is 3. The number of rotatable bonds is 5. The van der Waals surface area contributed by atoms with Gasteiger partial charge in [0.05, 0.1) is 17.8 Å². The van der Waals surface area contributed by atoms with Crippen LogP contribution in [0.2, 0.25) is 0 Å². The fourth-order valence-corrected chi connectivity index (χ4v) is 3.80. The second-order valence-corrected chi connectivity index (χ2v) is 6.73. The van der Waals surface area contributed by atoms with Gasteiger partial charge in [0.25, 0.3) is 0 Å². The Bertz CT molecular complexity index is 608. The molecule has 0 spiro atoms. The van der Waals surface area contributed by atoms with E-state index in [0.29, 0.717) is 6.04 Å². The zero-order valence-corrected chi connectivity index (χ0v) is 13.8. The Morgan fingerprint density at radius 2 is 2.43 bits per heavy atom. The lowest BCUT2D eigenvalue weighted by atomic mass is 10.1. The lowest BCUT2D eigenvalue weighted by Gasteiger charge is -2.28. The van der Waals surface area contributed by atoms with Gasteiger partial charge in [0.2, 0.25) is 0 Å². The average Bonchev–Trinajstić information content (AvgIpc) is 3.15. The number of aromatic nitrogens is 2. The van der Waals surface area contributed by atoms with E-state index in [1.807, 2.05) is 0 Å². The van der Waals surface area contributed by atoms with Crippen molar-refractivity contribution in [2.75, 3.05) is 18.6 Å². The fraction of sp³-hybridized carbons (Fsp3) is 0.667. The first-order valence-electron chi connectivity index (χ1n) is 7.66. The number of hydrogen-bond acceptors (Lipinski definition) is 5. The van der Waals surface area contributed by atoms with Gasteiger partial charge in [-0.2, -0.15) is 0 Å². The summed E-state index contributed by atoms with van der Waals surface area (Å²) in [5, 5.41) is 2.08. The number of thiazole rings is 1. The molecule has 0 bridgehead atoms. The second-order valence-electron chi connectivity index (χ2n) is 5.85. The van der Waals surface area contributed by atoms with Crippen LogP contribution in [-0.4, -0.2) is 41.2 Å². The first kappa shape index (κ1) is 14.8. The predicted octanol–water partition coefficient (Wildman–Crippen LogP) is 2.29. The molecule has 0 aromatic carbocycles. The number of imidazole rings is 1. The number of ether oxygens (including phenoxy) is 1. The average molecular weight is 308 g/mol. The van der Waals surface area contributed by atoms with Gasteiger partial charge in [-0.25, -0.2) is 4.98 Å². The van der Waals surface area contributed by atoms with Crippen LogP contribution >= 0.6 is 11.3 Å². The summed E-state index contributed by atoms with van der Waals surface area (Å²) in [6.07, 6.45) is 5.24. The first-order chi connectivity index (χ1) is 10.1. The molecule has 3 unspecified atom stereocenters. The Morgan fingerprint density at radius 3 is 3.10 bits per heavy atom. The van der Waals surface area contributed by atoms with Crippen molar-refractivity contribution in [3.8, 4) is 0 Å². The molecule has 5 nitrogen and oxygen atoms in total. The molecular formula is C15H24N4OS. The highest BCUT2D eigenvalue weighted by Crippen LogP contribution is 2.30. The number of fused-ring (bicyclic) bond motifs is 1. The predicted molar refractivity (Wildman–Crippen MR) is 87.3 cm³/mol. The maximum Gasteiger partial charge on any atom is 0.195 e. The lowest BCUT2D eigenvalue weighted by molar-refractivity contribution is 0.118. The normalized spacial score (nSPS) is 23.8. The number of hydrogen-bond donors (Lipinski definition) is 1. The zero-order chi connectivity index (χ0) is 15.0. The minimum absolute atomic E-state index is 0.175. The molecule has 6 heteroatoms. The Labute approximate surface area is 129 Å². The minimum Gasteiger partial charge on any atom is -0.376 e. The molecule has 2 N–H and O–H groups in total. The maximum atomic E-state index is 6.19. The molecule has 116 valence electrons. The molecule has 0 radical (unpaired) electrons. The van der Waals surface area contributed by atoms with E-state index in [-0.39, 0.29) is 12.1 Å². The topological polar surface area (TPSA) is 55.8 Å². The van der Waals surface area contributed by atoms with Crippen molar-refractivity contribution in [3.05, 3.63) is 17.3 Å². The van der Waals surface area contributed by atoms with E-state index in [1.54, 1.807) is 11.3 Å². The zero-order valence-electron chi connectivity index (χ0n) is 13.0. The van der Waals surface area contributed by atoms with Gasteiger partial charge in [0.1, 0.15) is 0 Å². The molecule has 3 atom stereocenters. The largest absolute Gasteiger partial charge is 0.376 e. The minimum atomic E-state index is 0.175. The SMILES string of the molecule is CCC(N)Cc1c(N(C)C2CCOC2C)nc2sccn12.